The van der Waals surface area contributed by atoms with E-state index in [4.69, 9.17) is 9.47 Å². The van der Waals surface area contributed by atoms with Crippen LogP contribution >= 0.6 is 0 Å². The van der Waals surface area contributed by atoms with Crippen molar-refractivity contribution in [3.05, 3.63) is 36.4 Å². The zero-order chi connectivity index (χ0) is 21.2. The number of halogens is 3. The van der Waals surface area contributed by atoms with E-state index in [0.717, 1.165) is 0 Å². The molecule has 152 valence electrons. The molecule has 1 aromatic heterocycles. The van der Waals surface area contributed by atoms with E-state index in [2.05, 4.69) is 20.0 Å². The average Bonchev–Trinajstić information content (AvgIpc) is 2.65. The highest BCUT2D eigenvalue weighted by Crippen LogP contribution is 2.36. The summed E-state index contributed by atoms with van der Waals surface area (Å²) < 4.78 is 53.1. The molecule has 0 saturated heterocycles. The van der Waals surface area contributed by atoms with Gasteiger partial charge in [0.05, 0.1) is 25.1 Å². The van der Waals surface area contributed by atoms with E-state index in [9.17, 15) is 18.0 Å². The van der Waals surface area contributed by atoms with Crippen LogP contribution in [-0.4, -0.2) is 36.5 Å². The molecule has 1 amide bonds. The van der Waals surface area contributed by atoms with Gasteiger partial charge in [-0.2, -0.15) is 4.98 Å². The molecule has 1 heterocycles. The monoisotopic (exact) mass is 407 g/mol. The molecule has 3 rings (SSSR count). The number of hydrogen-bond donors (Lipinski definition) is 1. The number of amides is 1. The van der Waals surface area contributed by atoms with E-state index in [0.29, 0.717) is 22.6 Å². The van der Waals surface area contributed by atoms with Crippen molar-refractivity contribution < 1.29 is 32.2 Å². The Morgan fingerprint density at radius 2 is 1.62 bits per heavy atom. The molecule has 0 unspecified atom stereocenters. The smallest absolute Gasteiger partial charge is 0.493 e. The number of ether oxygens (including phenoxy) is 3. The Kier molecular flexibility index (Phi) is 5.44. The van der Waals surface area contributed by atoms with Gasteiger partial charge in [0, 0.05) is 6.92 Å². The zero-order valence-corrected chi connectivity index (χ0v) is 15.6. The van der Waals surface area contributed by atoms with Crippen LogP contribution in [0.4, 0.5) is 19.1 Å². The number of aromatic nitrogens is 2. The minimum atomic E-state index is -4.96. The molecule has 0 spiro atoms. The lowest BCUT2D eigenvalue weighted by Crippen LogP contribution is -2.19. The Morgan fingerprint density at radius 3 is 2.24 bits per heavy atom. The van der Waals surface area contributed by atoms with Crippen molar-refractivity contribution in [2.24, 2.45) is 0 Å². The molecule has 0 aliphatic carbocycles. The maximum absolute atomic E-state index is 12.9. The topological polar surface area (TPSA) is 82.6 Å². The standard InChI is InChI=1S/C19H16F3N3O4/c1-10(26)23-18-24-14-6-4-11(8-13(14)17(25-18)29-19(20,21)22)12-5-7-15(27-2)16(9-12)28-3/h4-9H,1-3H3,(H,23,24,25,26). The number of fused-ring (bicyclic) bond motifs is 1. The van der Waals surface area contributed by atoms with Gasteiger partial charge in [0.25, 0.3) is 0 Å². The molecule has 3 aromatic rings. The second kappa shape index (κ2) is 7.82. The molecule has 2 aromatic carbocycles. The van der Waals surface area contributed by atoms with Crippen molar-refractivity contribution in [1.29, 1.82) is 0 Å². The van der Waals surface area contributed by atoms with Crippen LogP contribution in [0.15, 0.2) is 36.4 Å². The number of carbonyl (C=O) groups is 1. The predicted molar refractivity (Wildman–Crippen MR) is 99.1 cm³/mol. The van der Waals surface area contributed by atoms with Gasteiger partial charge in [-0.15, -0.1) is 13.2 Å². The van der Waals surface area contributed by atoms with E-state index in [1.165, 1.54) is 33.3 Å². The number of nitrogens with zero attached hydrogens (tertiary/aromatic N) is 2. The number of rotatable bonds is 5. The predicted octanol–water partition coefficient (Wildman–Crippen LogP) is 4.17. The van der Waals surface area contributed by atoms with Crippen LogP contribution < -0.4 is 19.5 Å². The van der Waals surface area contributed by atoms with Crippen LogP contribution in [0.3, 0.4) is 0 Å². The van der Waals surface area contributed by atoms with Crippen molar-refractivity contribution in [2.45, 2.75) is 13.3 Å². The first kappa shape index (κ1) is 20.2. The lowest BCUT2D eigenvalue weighted by Gasteiger charge is -2.13. The number of alkyl halides is 3. The number of anilines is 1. The molecule has 0 radical (unpaired) electrons. The number of methoxy groups -OCH3 is 2. The fourth-order valence-electron chi connectivity index (χ4n) is 2.70. The Morgan fingerprint density at radius 1 is 0.966 bits per heavy atom. The van der Waals surface area contributed by atoms with Gasteiger partial charge >= 0.3 is 6.36 Å². The summed E-state index contributed by atoms with van der Waals surface area (Å²) in [4.78, 5) is 19.0. The second-order valence-electron chi connectivity index (χ2n) is 5.88. The summed E-state index contributed by atoms with van der Waals surface area (Å²) in [5, 5.41) is 2.29. The van der Waals surface area contributed by atoms with E-state index < -0.39 is 18.1 Å². The van der Waals surface area contributed by atoms with E-state index in [-0.39, 0.29) is 16.9 Å². The van der Waals surface area contributed by atoms with Crippen molar-refractivity contribution >= 4 is 22.8 Å². The highest BCUT2D eigenvalue weighted by Gasteiger charge is 2.33. The maximum atomic E-state index is 12.9. The largest absolute Gasteiger partial charge is 0.574 e. The minimum Gasteiger partial charge on any atom is -0.493 e. The van der Waals surface area contributed by atoms with Crippen molar-refractivity contribution in [1.82, 2.24) is 9.97 Å². The van der Waals surface area contributed by atoms with Crippen LogP contribution in [-0.2, 0) is 4.79 Å². The normalized spacial score (nSPS) is 11.2. The first-order chi connectivity index (χ1) is 13.7. The SMILES string of the molecule is COc1ccc(-c2ccc3nc(NC(C)=O)nc(OC(F)(F)F)c3c2)cc1OC. The van der Waals surface area contributed by atoms with Gasteiger partial charge < -0.3 is 14.2 Å². The van der Waals surface area contributed by atoms with Gasteiger partial charge in [-0.3, -0.25) is 10.1 Å². The Hall–Kier alpha value is -3.56. The average molecular weight is 407 g/mol. The van der Waals surface area contributed by atoms with E-state index >= 15 is 0 Å². The van der Waals surface area contributed by atoms with Crippen molar-refractivity contribution in [2.75, 3.05) is 19.5 Å². The third kappa shape index (κ3) is 4.65. The summed E-state index contributed by atoms with van der Waals surface area (Å²) >= 11 is 0. The molecule has 1 N–H and O–H groups in total. The fraction of sp³-hybridized carbons (Fsp3) is 0.211. The molecule has 0 bridgehead atoms. The summed E-state index contributed by atoms with van der Waals surface area (Å²) in [5.41, 5.74) is 1.43. The van der Waals surface area contributed by atoms with Crippen LogP contribution in [0.1, 0.15) is 6.92 Å². The lowest BCUT2D eigenvalue weighted by molar-refractivity contribution is -0.275. The Bertz CT molecular complexity index is 1070. The van der Waals surface area contributed by atoms with Gasteiger partial charge in [0.1, 0.15) is 0 Å². The maximum Gasteiger partial charge on any atom is 0.574 e. The third-order valence-corrected chi connectivity index (χ3v) is 3.88. The summed E-state index contributed by atoms with van der Waals surface area (Å²) in [6, 6.07) is 9.76. The fourth-order valence-corrected chi connectivity index (χ4v) is 2.70. The first-order valence-corrected chi connectivity index (χ1v) is 8.27. The summed E-state index contributed by atoms with van der Waals surface area (Å²) in [6.45, 7) is 1.19. The van der Waals surface area contributed by atoms with Gasteiger partial charge in [-0.1, -0.05) is 12.1 Å². The highest BCUT2D eigenvalue weighted by atomic mass is 19.4. The van der Waals surface area contributed by atoms with Gasteiger partial charge in [-0.05, 0) is 35.4 Å². The van der Waals surface area contributed by atoms with E-state index in [1.807, 2.05) is 0 Å². The second-order valence-corrected chi connectivity index (χ2v) is 5.88. The summed E-state index contributed by atoms with van der Waals surface area (Å²) in [6.07, 6.45) is -4.96. The highest BCUT2D eigenvalue weighted by molar-refractivity contribution is 5.92. The molecule has 0 fully saturated rings. The molecule has 0 aliphatic rings. The van der Waals surface area contributed by atoms with Crippen LogP contribution in [0.2, 0.25) is 0 Å². The molecule has 7 nitrogen and oxygen atoms in total. The lowest BCUT2D eigenvalue weighted by atomic mass is 10.0. The van der Waals surface area contributed by atoms with Crippen molar-refractivity contribution in [3.63, 3.8) is 0 Å². The first-order valence-electron chi connectivity index (χ1n) is 8.27. The Balaban J connectivity index is 2.15. The number of benzene rings is 2. The number of hydrogen-bond acceptors (Lipinski definition) is 6. The van der Waals surface area contributed by atoms with Crippen LogP contribution in [0.25, 0.3) is 22.0 Å². The molecular weight excluding hydrogens is 391 g/mol. The van der Waals surface area contributed by atoms with Crippen LogP contribution in [0, 0.1) is 0 Å². The van der Waals surface area contributed by atoms with Crippen molar-refractivity contribution in [3.8, 4) is 28.5 Å². The van der Waals surface area contributed by atoms with Gasteiger partial charge in [0.2, 0.25) is 17.7 Å². The Labute approximate surface area is 163 Å². The van der Waals surface area contributed by atoms with E-state index in [1.54, 1.807) is 24.3 Å². The number of nitrogens with one attached hydrogen (secondary N) is 1. The molecule has 10 heteroatoms. The summed E-state index contributed by atoms with van der Waals surface area (Å²) in [5.74, 6) is -0.545. The molecular formula is C19H16F3N3O4. The van der Waals surface area contributed by atoms with Gasteiger partial charge in [0.15, 0.2) is 11.5 Å². The zero-order valence-electron chi connectivity index (χ0n) is 15.6. The number of carbonyl (C=O) groups excluding carboxylic acids is 1. The quantitative estimate of drug-likeness (QED) is 0.684. The molecule has 0 saturated carbocycles. The van der Waals surface area contributed by atoms with Gasteiger partial charge in [-0.25, -0.2) is 4.98 Å². The molecule has 0 aliphatic heterocycles. The molecule has 29 heavy (non-hydrogen) atoms. The summed E-state index contributed by atoms with van der Waals surface area (Å²) in [7, 11) is 2.98. The minimum absolute atomic E-state index is 0.0312. The van der Waals surface area contributed by atoms with Crippen LogP contribution in [0.5, 0.6) is 17.4 Å². The third-order valence-electron chi connectivity index (χ3n) is 3.88. The molecule has 0 atom stereocenters.